The van der Waals surface area contributed by atoms with E-state index in [0.29, 0.717) is 11.6 Å². The van der Waals surface area contributed by atoms with Crippen LogP contribution in [0.4, 0.5) is 0 Å². The molecule has 1 aromatic heterocycles. The molecule has 110 valence electrons. The van der Waals surface area contributed by atoms with Crippen molar-refractivity contribution in [3.8, 4) is 0 Å². The highest BCUT2D eigenvalue weighted by Gasteiger charge is 2.37. The molecule has 1 saturated carbocycles. The molecule has 5 heteroatoms. The molecule has 1 amide bonds. The summed E-state index contributed by atoms with van der Waals surface area (Å²) >= 11 is 0. The summed E-state index contributed by atoms with van der Waals surface area (Å²) in [7, 11) is 1.83. The first-order chi connectivity index (χ1) is 9.67. The zero-order valence-electron chi connectivity index (χ0n) is 12.2. The van der Waals surface area contributed by atoms with Gasteiger partial charge in [0.15, 0.2) is 0 Å². The van der Waals surface area contributed by atoms with Crippen LogP contribution in [0.25, 0.3) is 0 Å². The minimum Gasteiger partial charge on any atom is -0.349 e. The molecule has 0 bridgehead atoms. The summed E-state index contributed by atoms with van der Waals surface area (Å²) in [4.78, 5) is 12.2. The number of nitrogens with zero attached hydrogens (tertiary/aromatic N) is 2. The Labute approximate surface area is 120 Å². The Bertz CT molecular complexity index is 470. The van der Waals surface area contributed by atoms with Gasteiger partial charge in [-0.05, 0) is 32.2 Å². The summed E-state index contributed by atoms with van der Waals surface area (Å²) < 4.78 is 1.67. The summed E-state index contributed by atoms with van der Waals surface area (Å²) in [5, 5.41) is 11.0. The first-order valence-electron chi connectivity index (χ1n) is 7.71. The van der Waals surface area contributed by atoms with Gasteiger partial charge in [-0.15, -0.1) is 0 Å². The van der Waals surface area contributed by atoms with Gasteiger partial charge in [0.2, 0.25) is 0 Å². The van der Waals surface area contributed by atoms with Crippen LogP contribution in [0.2, 0.25) is 0 Å². The van der Waals surface area contributed by atoms with E-state index >= 15 is 0 Å². The first-order valence-corrected chi connectivity index (χ1v) is 7.71. The van der Waals surface area contributed by atoms with E-state index in [2.05, 4.69) is 15.7 Å². The summed E-state index contributed by atoms with van der Waals surface area (Å²) in [5.41, 5.74) is 0.937. The number of hydrogen-bond donors (Lipinski definition) is 2. The number of aromatic nitrogens is 2. The fraction of sp³-hybridized carbons (Fsp3) is 0.733. The van der Waals surface area contributed by atoms with Crippen molar-refractivity contribution in [1.82, 2.24) is 20.4 Å². The average Bonchev–Trinajstić information content (AvgIpc) is 2.86. The number of nitrogens with one attached hydrogen (secondary N) is 2. The van der Waals surface area contributed by atoms with E-state index in [1.54, 1.807) is 17.1 Å². The largest absolute Gasteiger partial charge is 0.349 e. The van der Waals surface area contributed by atoms with Gasteiger partial charge in [0.05, 0.1) is 11.8 Å². The zero-order valence-corrected chi connectivity index (χ0v) is 12.2. The molecule has 2 N–H and O–H groups in total. The van der Waals surface area contributed by atoms with Crippen LogP contribution < -0.4 is 10.6 Å². The normalized spacial score (nSPS) is 25.6. The highest BCUT2D eigenvalue weighted by molar-refractivity contribution is 5.93. The van der Waals surface area contributed by atoms with Crippen LogP contribution in [-0.2, 0) is 7.05 Å². The van der Waals surface area contributed by atoms with Crippen LogP contribution in [-0.4, -0.2) is 33.8 Å². The third-order valence-corrected chi connectivity index (χ3v) is 4.74. The average molecular weight is 276 g/mol. The molecule has 2 aliphatic rings. The van der Waals surface area contributed by atoms with Crippen LogP contribution in [0.3, 0.4) is 0 Å². The third kappa shape index (κ3) is 2.87. The molecule has 1 aliphatic carbocycles. The van der Waals surface area contributed by atoms with Crippen molar-refractivity contribution in [3.63, 3.8) is 0 Å². The van der Waals surface area contributed by atoms with Crippen LogP contribution in [0.15, 0.2) is 12.4 Å². The van der Waals surface area contributed by atoms with Gasteiger partial charge in [0.25, 0.3) is 5.91 Å². The van der Waals surface area contributed by atoms with Crippen LogP contribution in [0, 0.1) is 0 Å². The number of rotatable bonds is 2. The lowest BCUT2D eigenvalue weighted by molar-refractivity contribution is 0.0892. The van der Waals surface area contributed by atoms with Crippen LogP contribution in [0.5, 0.6) is 0 Å². The number of aryl methyl sites for hydroxylation is 1. The van der Waals surface area contributed by atoms with Crippen LogP contribution >= 0.6 is 0 Å². The van der Waals surface area contributed by atoms with Crippen molar-refractivity contribution in [2.45, 2.75) is 56.5 Å². The molecule has 1 aliphatic heterocycles. The summed E-state index contributed by atoms with van der Waals surface area (Å²) in [6, 6.07) is 0.294. The second-order valence-electron chi connectivity index (χ2n) is 6.33. The van der Waals surface area contributed by atoms with Crippen molar-refractivity contribution >= 4 is 5.91 Å². The fourth-order valence-corrected chi connectivity index (χ4v) is 3.70. The molecule has 1 aromatic rings. The third-order valence-electron chi connectivity index (χ3n) is 4.74. The van der Waals surface area contributed by atoms with Gasteiger partial charge >= 0.3 is 0 Å². The zero-order chi connectivity index (χ0) is 14.0. The molecule has 2 fully saturated rings. The number of piperidine rings is 1. The van der Waals surface area contributed by atoms with Gasteiger partial charge < -0.3 is 10.6 Å². The molecular weight excluding hydrogens is 252 g/mol. The Kier molecular flexibility index (Phi) is 3.78. The Morgan fingerprint density at radius 3 is 2.95 bits per heavy atom. The molecular formula is C15H24N4O. The number of carbonyl (C=O) groups is 1. The van der Waals surface area contributed by atoms with Gasteiger partial charge in [0, 0.05) is 24.8 Å². The van der Waals surface area contributed by atoms with Gasteiger partial charge in [-0.3, -0.25) is 9.48 Å². The van der Waals surface area contributed by atoms with E-state index in [9.17, 15) is 4.79 Å². The molecule has 20 heavy (non-hydrogen) atoms. The Balaban J connectivity index is 1.61. The molecule has 0 radical (unpaired) electrons. The standard InChI is InChI=1S/C15H24N4O/c1-19-11-12(10-17-19)14(20)18-13-5-8-16-15(9-13)6-3-2-4-7-15/h10-11,13,16H,2-9H2,1H3,(H,18,20). The maximum Gasteiger partial charge on any atom is 0.254 e. The van der Waals surface area contributed by atoms with Crippen molar-refractivity contribution in [2.75, 3.05) is 6.54 Å². The predicted molar refractivity (Wildman–Crippen MR) is 77.5 cm³/mol. The molecule has 0 aromatic carbocycles. The molecule has 1 unspecified atom stereocenters. The van der Waals surface area contributed by atoms with E-state index in [-0.39, 0.29) is 11.4 Å². The van der Waals surface area contributed by atoms with Crippen molar-refractivity contribution in [2.24, 2.45) is 7.05 Å². The molecule has 1 saturated heterocycles. The van der Waals surface area contributed by atoms with Gasteiger partial charge in [-0.25, -0.2) is 0 Å². The Morgan fingerprint density at radius 2 is 2.25 bits per heavy atom. The molecule has 5 nitrogen and oxygen atoms in total. The number of amides is 1. The Hall–Kier alpha value is -1.36. The van der Waals surface area contributed by atoms with Crippen molar-refractivity contribution in [1.29, 1.82) is 0 Å². The second kappa shape index (κ2) is 5.56. The lowest BCUT2D eigenvalue weighted by Gasteiger charge is -2.44. The van der Waals surface area contributed by atoms with Crippen molar-refractivity contribution in [3.05, 3.63) is 18.0 Å². The quantitative estimate of drug-likeness (QED) is 0.862. The summed E-state index contributed by atoms with van der Waals surface area (Å²) in [6.45, 7) is 1.01. The van der Waals surface area contributed by atoms with Gasteiger partial charge in [-0.2, -0.15) is 5.10 Å². The van der Waals surface area contributed by atoms with E-state index in [4.69, 9.17) is 0 Å². The fourth-order valence-electron chi connectivity index (χ4n) is 3.70. The predicted octanol–water partition coefficient (Wildman–Crippen LogP) is 1.60. The number of hydrogen-bond acceptors (Lipinski definition) is 3. The topological polar surface area (TPSA) is 59.0 Å². The van der Waals surface area contributed by atoms with Crippen LogP contribution in [0.1, 0.15) is 55.3 Å². The smallest absolute Gasteiger partial charge is 0.254 e. The molecule has 1 spiro atoms. The number of carbonyl (C=O) groups excluding carboxylic acids is 1. The van der Waals surface area contributed by atoms with E-state index < -0.39 is 0 Å². The monoisotopic (exact) mass is 276 g/mol. The molecule has 1 atom stereocenters. The first kappa shape index (κ1) is 13.6. The summed E-state index contributed by atoms with van der Waals surface area (Å²) in [6.07, 6.45) is 12.0. The SMILES string of the molecule is Cn1cc(C(=O)NC2CCNC3(CCCCC3)C2)cn1. The van der Waals surface area contributed by atoms with E-state index in [1.165, 1.54) is 32.1 Å². The lowest BCUT2D eigenvalue weighted by atomic mass is 9.75. The Morgan fingerprint density at radius 1 is 1.45 bits per heavy atom. The maximum absolute atomic E-state index is 12.2. The minimum absolute atomic E-state index is 0.0101. The lowest BCUT2D eigenvalue weighted by Crippen LogP contribution is -2.57. The highest BCUT2D eigenvalue weighted by Crippen LogP contribution is 2.34. The molecule has 2 heterocycles. The highest BCUT2D eigenvalue weighted by atomic mass is 16.1. The second-order valence-corrected chi connectivity index (χ2v) is 6.33. The molecule has 3 rings (SSSR count). The van der Waals surface area contributed by atoms with Gasteiger partial charge in [-0.1, -0.05) is 19.3 Å². The maximum atomic E-state index is 12.2. The minimum atomic E-state index is 0.0101. The van der Waals surface area contributed by atoms with E-state index in [1.807, 2.05) is 7.05 Å². The van der Waals surface area contributed by atoms with Gasteiger partial charge in [0.1, 0.15) is 0 Å². The van der Waals surface area contributed by atoms with E-state index in [0.717, 1.165) is 19.4 Å². The summed E-state index contributed by atoms with van der Waals surface area (Å²) in [5.74, 6) is 0.0101. The van der Waals surface area contributed by atoms with Crippen molar-refractivity contribution < 1.29 is 4.79 Å².